The van der Waals surface area contributed by atoms with Gasteiger partial charge in [-0.2, -0.15) is 0 Å². The number of pyridine rings is 1. The van der Waals surface area contributed by atoms with Crippen molar-refractivity contribution >= 4 is 5.91 Å². The van der Waals surface area contributed by atoms with Crippen LogP contribution in [0.3, 0.4) is 0 Å². The number of carbonyl (C=O) groups excluding carboxylic acids is 1. The van der Waals surface area contributed by atoms with E-state index in [-0.39, 0.29) is 23.3 Å². The fourth-order valence-electron chi connectivity index (χ4n) is 2.87. The standard InChI is InChI=1S/C18H19FN2O2/c1-21-11-14(7-10-16(21)22)18(23)20-17(12-3-2-4-12)13-5-8-15(19)9-6-13/h5-12,17H,2-4H2,1H3,(H,20,23)/t17-/m0/s1. The van der Waals surface area contributed by atoms with E-state index in [1.807, 2.05) is 0 Å². The first-order chi connectivity index (χ1) is 11.0. The van der Waals surface area contributed by atoms with Gasteiger partial charge in [-0.15, -0.1) is 0 Å². The average Bonchev–Trinajstić information content (AvgIpc) is 2.48. The zero-order valence-corrected chi connectivity index (χ0v) is 13.0. The van der Waals surface area contributed by atoms with Gasteiger partial charge in [0.25, 0.3) is 5.91 Å². The van der Waals surface area contributed by atoms with E-state index in [9.17, 15) is 14.0 Å². The monoisotopic (exact) mass is 314 g/mol. The summed E-state index contributed by atoms with van der Waals surface area (Å²) in [5, 5.41) is 3.04. The molecule has 120 valence electrons. The summed E-state index contributed by atoms with van der Waals surface area (Å²) >= 11 is 0. The highest BCUT2D eigenvalue weighted by molar-refractivity contribution is 5.94. The van der Waals surface area contributed by atoms with Gasteiger partial charge in [-0.3, -0.25) is 9.59 Å². The van der Waals surface area contributed by atoms with E-state index in [0.29, 0.717) is 11.5 Å². The van der Waals surface area contributed by atoms with Crippen LogP contribution in [0, 0.1) is 11.7 Å². The molecule has 0 aliphatic heterocycles. The average molecular weight is 314 g/mol. The summed E-state index contributed by atoms with van der Waals surface area (Å²) in [6.45, 7) is 0. The van der Waals surface area contributed by atoms with E-state index in [1.165, 1.54) is 35.0 Å². The highest BCUT2D eigenvalue weighted by Gasteiger charge is 2.30. The van der Waals surface area contributed by atoms with E-state index in [0.717, 1.165) is 24.8 Å². The molecular formula is C18H19FN2O2. The minimum atomic E-state index is -0.287. The fraction of sp³-hybridized carbons (Fsp3) is 0.333. The van der Waals surface area contributed by atoms with Gasteiger partial charge in [-0.1, -0.05) is 18.6 Å². The number of amides is 1. The van der Waals surface area contributed by atoms with Gasteiger partial charge in [-0.25, -0.2) is 4.39 Å². The van der Waals surface area contributed by atoms with Crippen molar-refractivity contribution in [2.75, 3.05) is 0 Å². The third-order valence-electron chi connectivity index (χ3n) is 4.48. The SMILES string of the molecule is Cn1cc(C(=O)N[C@H](c2ccc(F)cc2)C2CCC2)ccc1=O. The normalized spacial score (nSPS) is 15.7. The van der Waals surface area contributed by atoms with Gasteiger partial charge in [0.05, 0.1) is 11.6 Å². The predicted molar refractivity (Wildman–Crippen MR) is 85.6 cm³/mol. The third kappa shape index (κ3) is 3.33. The fourth-order valence-corrected chi connectivity index (χ4v) is 2.87. The lowest BCUT2D eigenvalue weighted by molar-refractivity contribution is 0.0900. The maximum atomic E-state index is 13.1. The Kier molecular flexibility index (Phi) is 4.28. The van der Waals surface area contributed by atoms with Crippen molar-refractivity contribution < 1.29 is 9.18 Å². The van der Waals surface area contributed by atoms with E-state index in [1.54, 1.807) is 19.2 Å². The molecule has 0 spiro atoms. The Bertz CT molecular complexity index is 763. The first-order valence-corrected chi connectivity index (χ1v) is 7.77. The second-order valence-electron chi connectivity index (χ2n) is 6.06. The summed E-state index contributed by atoms with van der Waals surface area (Å²) in [5.41, 5.74) is 1.20. The molecule has 0 unspecified atom stereocenters. The molecule has 5 heteroatoms. The van der Waals surface area contributed by atoms with Gasteiger partial charge in [0.1, 0.15) is 5.82 Å². The number of carbonyl (C=O) groups is 1. The Morgan fingerprint density at radius 1 is 1.22 bits per heavy atom. The first-order valence-electron chi connectivity index (χ1n) is 7.77. The molecular weight excluding hydrogens is 295 g/mol. The second-order valence-corrected chi connectivity index (χ2v) is 6.06. The zero-order chi connectivity index (χ0) is 16.4. The molecule has 0 saturated heterocycles. The topological polar surface area (TPSA) is 51.1 Å². The third-order valence-corrected chi connectivity index (χ3v) is 4.48. The van der Waals surface area contributed by atoms with Crippen LogP contribution in [0.1, 0.15) is 41.2 Å². The van der Waals surface area contributed by atoms with Crippen molar-refractivity contribution in [1.29, 1.82) is 0 Å². The van der Waals surface area contributed by atoms with E-state index in [2.05, 4.69) is 5.32 Å². The Hall–Kier alpha value is -2.43. The number of benzene rings is 1. The van der Waals surface area contributed by atoms with Gasteiger partial charge in [-0.05, 0) is 42.5 Å². The smallest absolute Gasteiger partial charge is 0.253 e. The van der Waals surface area contributed by atoms with Crippen LogP contribution in [0.2, 0.25) is 0 Å². The number of nitrogens with zero attached hydrogens (tertiary/aromatic N) is 1. The van der Waals surface area contributed by atoms with Crippen LogP contribution in [0.5, 0.6) is 0 Å². The molecule has 1 aliphatic rings. The number of hydrogen-bond donors (Lipinski definition) is 1. The van der Waals surface area contributed by atoms with Gasteiger partial charge in [0.2, 0.25) is 5.56 Å². The molecule has 4 nitrogen and oxygen atoms in total. The lowest BCUT2D eigenvalue weighted by Crippen LogP contribution is -2.36. The number of nitrogens with one attached hydrogen (secondary N) is 1. The maximum Gasteiger partial charge on any atom is 0.253 e. The lowest BCUT2D eigenvalue weighted by atomic mass is 9.77. The van der Waals surface area contributed by atoms with E-state index >= 15 is 0 Å². The van der Waals surface area contributed by atoms with Crippen LogP contribution in [0.15, 0.2) is 47.4 Å². The van der Waals surface area contributed by atoms with Crippen molar-refractivity contribution in [2.24, 2.45) is 13.0 Å². The zero-order valence-electron chi connectivity index (χ0n) is 13.0. The molecule has 1 aromatic carbocycles. The summed E-state index contributed by atoms with van der Waals surface area (Å²) in [6.07, 6.45) is 4.78. The van der Waals surface area contributed by atoms with E-state index in [4.69, 9.17) is 0 Å². The molecule has 1 heterocycles. The molecule has 0 radical (unpaired) electrons. The largest absolute Gasteiger partial charge is 0.345 e. The molecule has 1 aromatic heterocycles. The highest BCUT2D eigenvalue weighted by Crippen LogP contribution is 2.37. The van der Waals surface area contributed by atoms with Crippen LogP contribution in [-0.4, -0.2) is 10.5 Å². The lowest BCUT2D eigenvalue weighted by Gasteiger charge is -2.34. The molecule has 1 N–H and O–H groups in total. The first kappa shape index (κ1) is 15.5. The Balaban J connectivity index is 1.83. The summed E-state index contributed by atoms with van der Waals surface area (Å²) in [5.74, 6) is -0.135. The molecule has 1 saturated carbocycles. The second kappa shape index (κ2) is 6.36. The Morgan fingerprint density at radius 2 is 1.91 bits per heavy atom. The minimum Gasteiger partial charge on any atom is -0.345 e. The molecule has 1 fully saturated rings. The van der Waals surface area contributed by atoms with Crippen LogP contribution in [-0.2, 0) is 7.05 Å². The van der Waals surface area contributed by atoms with Gasteiger partial charge < -0.3 is 9.88 Å². The van der Waals surface area contributed by atoms with Gasteiger partial charge >= 0.3 is 0 Å². The number of aryl methyl sites for hydroxylation is 1. The quantitative estimate of drug-likeness (QED) is 0.943. The molecule has 0 bridgehead atoms. The Morgan fingerprint density at radius 3 is 2.48 bits per heavy atom. The maximum absolute atomic E-state index is 13.1. The number of hydrogen-bond acceptors (Lipinski definition) is 2. The molecule has 1 amide bonds. The van der Waals surface area contributed by atoms with Crippen molar-refractivity contribution in [3.05, 3.63) is 69.9 Å². The molecule has 2 aromatic rings. The predicted octanol–water partition coefficient (Wildman–Crippen LogP) is 2.80. The molecule has 23 heavy (non-hydrogen) atoms. The van der Waals surface area contributed by atoms with Gasteiger partial charge in [0, 0.05) is 19.3 Å². The van der Waals surface area contributed by atoms with Crippen molar-refractivity contribution in [1.82, 2.24) is 9.88 Å². The van der Waals surface area contributed by atoms with Crippen molar-refractivity contribution in [3.63, 3.8) is 0 Å². The van der Waals surface area contributed by atoms with Crippen LogP contribution in [0.25, 0.3) is 0 Å². The number of halogens is 1. The van der Waals surface area contributed by atoms with Gasteiger partial charge in [0.15, 0.2) is 0 Å². The van der Waals surface area contributed by atoms with Crippen molar-refractivity contribution in [2.45, 2.75) is 25.3 Å². The molecule has 1 atom stereocenters. The van der Waals surface area contributed by atoms with Crippen LogP contribution < -0.4 is 10.9 Å². The number of aromatic nitrogens is 1. The molecule has 1 aliphatic carbocycles. The highest BCUT2D eigenvalue weighted by atomic mass is 19.1. The summed E-state index contributed by atoms with van der Waals surface area (Å²) < 4.78 is 14.5. The van der Waals surface area contributed by atoms with Crippen LogP contribution >= 0.6 is 0 Å². The van der Waals surface area contributed by atoms with E-state index < -0.39 is 0 Å². The minimum absolute atomic E-state index is 0.130. The summed E-state index contributed by atoms with van der Waals surface area (Å²) in [4.78, 5) is 23.9. The van der Waals surface area contributed by atoms with Crippen LogP contribution in [0.4, 0.5) is 4.39 Å². The summed E-state index contributed by atoms with van der Waals surface area (Å²) in [6, 6.07) is 9.05. The van der Waals surface area contributed by atoms with Crippen molar-refractivity contribution in [3.8, 4) is 0 Å². The molecule has 3 rings (SSSR count). The number of rotatable bonds is 4. The summed E-state index contributed by atoms with van der Waals surface area (Å²) in [7, 11) is 1.61. The Labute approximate surface area is 134 Å².